The van der Waals surface area contributed by atoms with Crippen LogP contribution in [0.3, 0.4) is 0 Å². The van der Waals surface area contributed by atoms with Gasteiger partial charge in [0.05, 0.1) is 5.69 Å². The summed E-state index contributed by atoms with van der Waals surface area (Å²) in [5.41, 5.74) is 3.55. The number of anilines is 1. The first-order valence-corrected chi connectivity index (χ1v) is 8.77. The summed E-state index contributed by atoms with van der Waals surface area (Å²) in [6.07, 6.45) is 4.59. The molecule has 0 bridgehead atoms. The summed E-state index contributed by atoms with van der Waals surface area (Å²) in [7, 11) is 0. The molecule has 1 aromatic carbocycles. The zero-order chi connectivity index (χ0) is 16.5. The molecule has 1 aliphatic carbocycles. The van der Waals surface area contributed by atoms with Crippen LogP contribution in [-0.2, 0) is 19.5 Å². The van der Waals surface area contributed by atoms with Crippen LogP contribution in [0.4, 0.5) is 10.2 Å². The van der Waals surface area contributed by atoms with E-state index in [4.69, 9.17) is 0 Å². The number of nitrogens with one attached hydrogen (secondary N) is 2. The van der Waals surface area contributed by atoms with Crippen molar-refractivity contribution in [2.45, 2.75) is 51.7 Å². The summed E-state index contributed by atoms with van der Waals surface area (Å²) >= 11 is 0. The van der Waals surface area contributed by atoms with Gasteiger partial charge in [-0.15, -0.1) is 0 Å². The van der Waals surface area contributed by atoms with Gasteiger partial charge in [-0.1, -0.05) is 18.6 Å². The van der Waals surface area contributed by atoms with Crippen LogP contribution in [0.2, 0.25) is 0 Å². The van der Waals surface area contributed by atoms with Crippen LogP contribution < -0.4 is 10.6 Å². The molecule has 2 atom stereocenters. The molecule has 2 aliphatic rings. The average Bonchev–Trinajstić information content (AvgIpc) is 3.19. The first kappa shape index (κ1) is 15.5. The molecule has 0 amide bonds. The maximum atomic E-state index is 13.1. The van der Waals surface area contributed by atoms with Gasteiger partial charge in [0, 0.05) is 24.7 Å². The van der Waals surface area contributed by atoms with Crippen LogP contribution in [0.15, 0.2) is 24.3 Å². The summed E-state index contributed by atoms with van der Waals surface area (Å²) in [6, 6.07) is 7.34. The van der Waals surface area contributed by atoms with Crippen molar-refractivity contribution in [3.8, 4) is 0 Å². The van der Waals surface area contributed by atoms with E-state index >= 15 is 0 Å². The Labute approximate surface area is 141 Å². The number of nitrogens with zero attached hydrogens (tertiary/aromatic N) is 2. The predicted molar refractivity (Wildman–Crippen MR) is 92.2 cm³/mol. The van der Waals surface area contributed by atoms with Crippen molar-refractivity contribution in [3.63, 3.8) is 0 Å². The number of hydrogen-bond donors (Lipinski definition) is 2. The van der Waals surface area contributed by atoms with E-state index in [0.29, 0.717) is 12.0 Å². The highest BCUT2D eigenvalue weighted by Gasteiger charge is 2.29. The summed E-state index contributed by atoms with van der Waals surface area (Å²) in [6.45, 7) is 3.62. The minimum atomic E-state index is -0.167. The van der Waals surface area contributed by atoms with Gasteiger partial charge in [0.1, 0.15) is 17.5 Å². The maximum absolute atomic E-state index is 13.1. The number of aryl methyl sites for hydroxylation is 1. The van der Waals surface area contributed by atoms with Gasteiger partial charge in [-0.2, -0.15) is 0 Å². The molecule has 1 aliphatic heterocycles. The SMILES string of the molecule is Cc1nc2c(c(N[C@H]3CCC[C@H]3Cc3ccc(F)cc3)n1)CNC2. The molecule has 1 saturated carbocycles. The molecule has 0 saturated heterocycles. The van der Waals surface area contributed by atoms with E-state index in [-0.39, 0.29) is 5.82 Å². The second kappa shape index (κ2) is 6.48. The van der Waals surface area contributed by atoms with E-state index in [1.165, 1.54) is 24.0 Å². The second-order valence-electron chi connectivity index (χ2n) is 6.92. The molecular weight excluding hydrogens is 303 g/mol. The average molecular weight is 326 g/mol. The van der Waals surface area contributed by atoms with Crippen molar-refractivity contribution < 1.29 is 4.39 Å². The summed E-state index contributed by atoms with van der Waals surface area (Å²) in [5.74, 6) is 2.22. The standard InChI is InChI=1S/C19H23FN4/c1-12-22-18-11-21-10-16(18)19(23-12)24-17-4-2-3-14(17)9-13-5-7-15(20)8-6-13/h5-8,14,17,21H,2-4,9-11H2,1H3,(H,22,23,24)/t14-,17-/m0/s1. The van der Waals surface area contributed by atoms with Crippen molar-refractivity contribution in [1.82, 2.24) is 15.3 Å². The molecule has 2 heterocycles. The number of hydrogen-bond acceptors (Lipinski definition) is 4. The number of benzene rings is 1. The Morgan fingerprint density at radius 1 is 1.17 bits per heavy atom. The third-order valence-electron chi connectivity index (χ3n) is 5.19. The Hall–Kier alpha value is -2.01. The Bertz CT molecular complexity index is 729. The topological polar surface area (TPSA) is 49.8 Å². The predicted octanol–water partition coefficient (Wildman–Crippen LogP) is 3.35. The fourth-order valence-corrected chi connectivity index (χ4v) is 3.98. The molecule has 4 rings (SSSR count). The summed E-state index contributed by atoms with van der Waals surface area (Å²) < 4.78 is 13.1. The molecule has 2 N–H and O–H groups in total. The highest BCUT2D eigenvalue weighted by molar-refractivity contribution is 5.49. The van der Waals surface area contributed by atoms with Crippen molar-refractivity contribution >= 4 is 5.82 Å². The van der Waals surface area contributed by atoms with E-state index in [1.54, 1.807) is 12.1 Å². The van der Waals surface area contributed by atoms with Gasteiger partial charge >= 0.3 is 0 Å². The molecule has 0 radical (unpaired) electrons. The third-order valence-corrected chi connectivity index (χ3v) is 5.19. The highest BCUT2D eigenvalue weighted by Crippen LogP contribution is 2.32. The number of aromatic nitrogens is 2. The first-order valence-electron chi connectivity index (χ1n) is 8.77. The maximum Gasteiger partial charge on any atom is 0.134 e. The van der Waals surface area contributed by atoms with E-state index in [2.05, 4.69) is 20.6 Å². The van der Waals surface area contributed by atoms with E-state index in [9.17, 15) is 4.39 Å². The Balaban J connectivity index is 1.51. The minimum absolute atomic E-state index is 0.167. The molecule has 0 spiro atoms. The van der Waals surface area contributed by atoms with Crippen LogP contribution in [0.1, 0.15) is 41.9 Å². The molecule has 24 heavy (non-hydrogen) atoms. The lowest BCUT2D eigenvalue weighted by Crippen LogP contribution is -2.27. The highest BCUT2D eigenvalue weighted by atomic mass is 19.1. The summed E-state index contributed by atoms with van der Waals surface area (Å²) in [4.78, 5) is 9.18. The zero-order valence-electron chi connectivity index (χ0n) is 14.0. The van der Waals surface area contributed by atoms with Crippen molar-refractivity contribution in [1.29, 1.82) is 0 Å². The first-order chi connectivity index (χ1) is 11.7. The van der Waals surface area contributed by atoms with Gasteiger partial charge < -0.3 is 10.6 Å². The zero-order valence-corrected chi connectivity index (χ0v) is 14.0. The molecule has 1 fully saturated rings. The molecule has 2 aromatic rings. The number of fused-ring (bicyclic) bond motifs is 1. The van der Waals surface area contributed by atoms with Crippen LogP contribution in [-0.4, -0.2) is 16.0 Å². The van der Waals surface area contributed by atoms with Crippen LogP contribution in [0, 0.1) is 18.7 Å². The quantitative estimate of drug-likeness (QED) is 0.905. The van der Waals surface area contributed by atoms with E-state index in [1.807, 2.05) is 19.1 Å². The molecule has 5 heteroatoms. The molecule has 0 unspecified atom stereocenters. The largest absolute Gasteiger partial charge is 0.367 e. The second-order valence-corrected chi connectivity index (χ2v) is 6.92. The number of rotatable bonds is 4. The van der Waals surface area contributed by atoms with Crippen LogP contribution >= 0.6 is 0 Å². The van der Waals surface area contributed by atoms with Gasteiger partial charge in [-0.25, -0.2) is 14.4 Å². The fraction of sp³-hybridized carbons (Fsp3) is 0.474. The molecule has 1 aromatic heterocycles. The number of halogens is 1. The summed E-state index contributed by atoms with van der Waals surface area (Å²) in [5, 5.41) is 7.06. The van der Waals surface area contributed by atoms with Gasteiger partial charge in [0.15, 0.2) is 0 Å². The molecular formula is C19H23FN4. The van der Waals surface area contributed by atoms with Gasteiger partial charge in [0.25, 0.3) is 0 Å². The Morgan fingerprint density at radius 2 is 2.00 bits per heavy atom. The Morgan fingerprint density at radius 3 is 2.83 bits per heavy atom. The lowest BCUT2D eigenvalue weighted by Gasteiger charge is -2.23. The lowest BCUT2D eigenvalue weighted by atomic mass is 9.94. The molecule has 126 valence electrons. The van der Waals surface area contributed by atoms with Gasteiger partial charge in [0.2, 0.25) is 0 Å². The fourth-order valence-electron chi connectivity index (χ4n) is 3.98. The van der Waals surface area contributed by atoms with Crippen molar-refractivity contribution in [3.05, 3.63) is 52.7 Å². The van der Waals surface area contributed by atoms with Crippen molar-refractivity contribution in [2.75, 3.05) is 5.32 Å². The van der Waals surface area contributed by atoms with E-state index < -0.39 is 0 Å². The smallest absolute Gasteiger partial charge is 0.134 e. The van der Waals surface area contributed by atoms with Crippen LogP contribution in [0.5, 0.6) is 0 Å². The lowest BCUT2D eigenvalue weighted by molar-refractivity contribution is 0.500. The molecule has 4 nitrogen and oxygen atoms in total. The van der Waals surface area contributed by atoms with E-state index in [0.717, 1.165) is 43.3 Å². The normalized spacial score (nSPS) is 22.6. The Kier molecular flexibility index (Phi) is 4.19. The van der Waals surface area contributed by atoms with Crippen molar-refractivity contribution in [2.24, 2.45) is 5.92 Å². The van der Waals surface area contributed by atoms with Crippen LogP contribution in [0.25, 0.3) is 0 Å². The third kappa shape index (κ3) is 3.13. The van der Waals surface area contributed by atoms with Gasteiger partial charge in [-0.05, 0) is 49.8 Å². The minimum Gasteiger partial charge on any atom is -0.367 e. The monoisotopic (exact) mass is 326 g/mol. The van der Waals surface area contributed by atoms with Gasteiger partial charge in [-0.3, -0.25) is 0 Å².